The number of furan rings is 1. The van der Waals surface area contributed by atoms with E-state index in [2.05, 4.69) is 20.3 Å². The first kappa shape index (κ1) is 24.4. The SMILES string of the molecule is CCNC(=NCc1ccccc1S(=O)(=O)NC(C)(C)C)NCc1ccco1.I. The maximum atomic E-state index is 12.7. The number of hydrogen-bond donors (Lipinski definition) is 3. The third kappa shape index (κ3) is 7.80. The predicted octanol–water partition coefficient (Wildman–Crippen LogP) is 3.23. The van der Waals surface area contributed by atoms with Crippen LogP contribution in [0.15, 0.2) is 57.0 Å². The molecule has 0 aliphatic rings. The lowest BCUT2D eigenvalue weighted by Crippen LogP contribution is -2.40. The summed E-state index contributed by atoms with van der Waals surface area (Å²) in [5.74, 6) is 1.38. The highest BCUT2D eigenvalue weighted by atomic mass is 127. The number of hydrogen-bond acceptors (Lipinski definition) is 4. The second-order valence-corrected chi connectivity index (χ2v) is 8.74. The average molecular weight is 520 g/mol. The van der Waals surface area contributed by atoms with E-state index in [-0.39, 0.29) is 35.4 Å². The van der Waals surface area contributed by atoms with Gasteiger partial charge in [0.1, 0.15) is 5.76 Å². The lowest BCUT2D eigenvalue weighted by atomic mass is 10.1. The number of aliphatic imine (C=N–C) groups is 1. The molecule has 0 unspecified atom stereocenters. The van der Waals surface area contributed by atoms with Crippen molar-refractivity contribution < 1.29 is 12.8 Å². The van der Waals surface area contributed by atoms with Crippen molar-refractivity contribution in [1.82, 2.24) is 15.4 Å². The Labute approximate surface area is 184 Å². The Morgan fingerprint density at radius 3 is 2.43 bits per heavy atom. The summed E-state index contributed by atoms with van der Waals surface area (Å²) in [5.41, 5.74) is 0.0683. The molecule has 156 valence electrons. The van der Waals surface area contributed by atoms with Crippen LogP contribution in [0, 0.1) is 0 Å². The number of rotatable bonds is 7. The Bertz CT molecular complexity index is 860. The Morgan fingerprint density at radius 1 is 1.11 bits per heavy atom. The van der Waals surface area contributed by atoms with Crippen LogP contribution < -0.4 is 15.4 Å². The van der Waals surface area contributed by atoms with Gasteiger partial charge in [-0.15, -0.1) is 24.0 Å². The Hall–Kier alpha value is -1.59. The molecule has 1 aromatic carbocycles. The van der Waals surface area contributed by atoms with Crippen molar-refractivity contribution in [2.24, 2.45) is 4.99 Å². The van der Waals surface area contributed by atoms with Gasteiger partial charge in [-0.2, -0.15) is 0 Å². The third-order valence-electron chi connectivity index (χ3n) is 3.46. The van der Waals surface area contributed by atoms with Crippen LogP contribution in [-0.4, -0.2) is 26.5 Å². The van der Waals surface area contributed by atoms with E-state index >= 15 is 0 Å². The van der Waals surface area contributed by atoms with E-state index in [1.807, 2.05) is 45.9 Å². The van der Waals surface area contributed by atoms with Gasteiger partial charge >= 0.3 is 0 Å². The van der Waals surface area contributed by atoms with Crippen molar-refractivity contribution in [3.63, 3.8) is 0 Å². The minimum atomic E-state index is -3.63. The molecule has 0 bridgehead atoms. The van der Waals surface area contributed by atoms with E-state index in [9.17, 15) is 8.42 Å². The lowest BCUT2D eigenvalue weighted by Gasteiger charge is -2.21. The van der Waals surface area contributed by atoms with E-state index in [1.165, 1.54) is 0 Å². The fourth-order valence-electron chi connectivity index (χ4n) is 2.44. The molecule has 0 atom stereocenters. The minimum absolute atomic E-state index is 0. The highest BCUT2D eigenvalue weighted by molar-refractivity contribution is 14.0. The highest BCUT2D eigenvalue weighted by Crippen LogP contribution is 2.18. The molecule has 28 heavy (non-hydrogen) atoms. The molecule has 2 aromatic rings. The fraction of sp³-hybridized carbons (Fsp3) is 0.421. The van der Waals surface area contributed by atoms with E-state index in [1.54, 1.807) is 24.5 Å². The molecule has 0 saturated carbocycles. The van der Waals surface area contributed by atoms with Gasteiger partial charge in [-0.3, -0.25) is 0 Å². The molecule has 9 heteroatoms. The molecule has 0 radical (unpaired) electrons. The number of benzene rings is 1. The molecule has 7 nitrogen and oxygen atoms in total. The summed E-state index contributed by atoms with van der Waals surface area (Å²) in [5, 5.41) is 6.31. The molecular formula is C19H29IN4O3S. The molecule has 0 fully saturated rings. The third-order valence-corrected chi connectivity index (χ3v) is 5.32. The summed E-state index contributed by atoms with van der Waals surface area (Å²) in [6, 6.07) is 10.6. The molecule has 2 rings (SSSR count). The summed E-state index contributed by atoms with van der Waals surface area (Å²) in [6.07, 6.45) is 1.62. The van der Waals surface area contributed by atoms with Crippen molar-refractivity contribution in [2.75, 3.05) is 6.54 Å². The van der Waals surface area contributed by atoms with E-state index in [0.29, 0.717) is 24.6 Å². The number of halogens is 1. The maximum absolute atomic E-state index is 12.7. The van der Waals surface area contributed by atoms with E-state index in [0.717, 1.165) is 5.76 Å². The summed E-state index contributed by atoms with van der Waals surface area (Å²) >= 11 is 0. The summed E-state index contributed by atoms with van der Waals surface area (Å²) in [6.45, 7) is 8.82. The van der Waals surface area contributed by atoms with Crippen LogP contribution in [0.4, 0.5) is 0 Å². The number of guanidine groups is 1. The second kappa shape index (κ2) is 10.8. The Balaban J connectivity index is 0.00000392. The van der Waals surface area contributed by atoms with Gasteiger partial charge in [0.05, 0.1) is 24.2 Å². The van der Waals surface area contributed by atoms with Crippen molar-refractivity contribution >= 4 is 40.0 Å². The molecular weight excluding hydrogens is 491 g/mol. The fourth-order valence-corrected chi connectivity index (χ4v) is 4.10. The predicted molar refractivity (Wildman–Crippen MR) is 122 cm³/mol. The summed E-state index contributed by atoms with van der Waals surface area (Å²) < 4.78 is 33.4. The van der Waals surface area contributed by atoms with Gasteiger partial charge in [-0.25, -0.2) is 18.1 Å². The standard InChI is InChI=1S/C19H28N4O3S.HI/c1-5-20-18(22-14-16-10-8-12-26-16)21-13-15-9-6-7-11-17(15)27(24,25)23-19(2,3)4;/h6-12,23H,5,13-14H2,1-4H3,(H2,20,21,22);1H. The van der Waals surface area contributed by atoms with Crippen LogP contribution in [0.3, 0.4) is 0 Å². The normalized spacial score (nSPS) is 12.4. The zero-order chi connectivity index (χ0) is 19.9. The number of sulfonamides is 1. The monoisotopic (exact) mass is 520 g/mol. The molecule has 1 aromatic heterocycles. The van der Waals surface area contributed by atoms with Gasteiger partial charge < -0.3 is 15.1 Å². The van der Waals surface area contributed by atoms with Gasteiger partial charge in [-0.1, -0.05) is 18.2 Å². The Kier molecular flexibility index (Phi) is 9.45. The van der Waals surface area contributed by atoms with Gasteiger partial charge in [-0.05, 0) is 51.5 Å². The minimum Gasteiger partial charge on any atom is -0.467 e. The van der Waals surface area contributed by atoms with Crippen LogP contribution in [0.2, 0.25) is 0 Å². The lowest BCUT2D eigenvalue weighted by molar-refractivity contribution is 0.491. The maximum Gasteiger partial charge on any atom is 0.241 e. The largest absolute Gasteiger partial charge is 0.467 e. The second-order valence-electron chi connectivity index (χ2n) is 7.09. The van der Waals surface area contributed by atoms with Crippen molar-refractivity contribution in [3.8, 4) is 0 Å². The number of nitrogens with zero attached hydrogens (tertiary/aromatic N) is 1. The first-order valence-corrected chi connectivity index (χ1v) is 10.4. The Morgan fingerprint density at radius 2 is 1.82 bits per heavy atom. The topological polar surface area (TPSA) is 95.7 Å². The van der Waals surface area contributed by atoms with Crippen molar-refractivity contribution in [3.05, 3.63) is 54.0 Å². The van der Waals surface area contributed by atoms with E-state index in [4.69, 9.17) is 4.42 Å². The molecule has 0 spiro atoms. The first-order valence-electron chi connectivity index (χ1n) is 8.88. The van der Waals surface area contributed by atoms with Crippen LogP contribution in [0.5, 0.6) is 0 Å². The van der Waals surface area contributed by atoms with Gasteiger partial charge in [0.2, 0.25) is 10.0 Å². The van der Waals surface area contributed by atoms with E-state index < -0.39 is 15.6 Å². The molecule has 0 aliphatic carbocycles. The molecule has 3 N–H and O–H groups in total. The molecule has 1 heterocycles. The molecule has 0 saturated heterocycles. The average Bonchev–Trinajstić information content (AvgIpc) is 3.09. The van der Waals surface area contributed by atoms with Gasteiger partial charge in [0.25, 0.3) is 0 Å². The van der Waals surface area contributed by atoms with Gasteiger partial charge in [0, 0.05) is 12.1 Å². The smallest absolute Gasteiger partial charge is 0.241 e. The van der Waals surface area contributed by atoms with Crippen molar-refractivity contribution in [1.29, 1.82) is 0 Å². The number of nitrogens with one attached hydrogen (secondary N) is 3. The quantitative estimate of drug-likeness (QED) is 0.296. The first-order chi connectivity index (χ1) is 12.7. The zero-order valence-electron chi connectivity index (χ0n) is 16.7. The van der Waals surface area contributed by atoms with Gasteiger partial charge in [0.15, 0.2) is 5.96 Å². The summed E-state index contributed by atoms with van der Waals surface area (Å²) in [7, 11) is -3.63. The van der Waals surface area contributed by atoms with Crippen LogP contribution in [-0.2, 0) is 23.1 Å². The highest BCUT2D eigenvalue weighted by Gasteiger charge is 2.24. The van der Waals surface area contributed by atoms with Crippen LogP contribution >= 0.6 is 24.0 Å². The van der Waals surface area contributed by atoms with Crippen molar-refractivity contribution in [2.45, 2.75) is 51.2 Å². The molecule has 0 aliphatic heterocycles. The summed E-state index contributed by atoms with van der Waals surface area (Å²) in [4.78, 5) is 4.76. The van der Waals surface area contributed by atoms with Crippen LogP contribution in [0.25, 0.3) is 0 Å². The zero-order valence-corrected chi connectivity index (χ0v) is 19.8. The molecule has 0 amide bonds. The van der Waals surface area contributed by atoms with Crippen LogP contribution in [0.1, 0.15) is 39.0 Å².